The average Bonchev–Trinajstić information content (AvgIpc) is 2.35. The van der Waals surface area contributed by atoms with Crippen LogP contribution in [0, 0.1) is 17.2 Å². The van der Waals surface area contributed by atoms with Gasteiger partial charge in [0.15, 0.2) is 0 Å². The molecule has 0 aromatic heterocycles. The zero-order chi connectivity index (χ0) is 12.0. The lowest BCUT2D eigenvalue weighted by molar-refractivity contribution is 0.250. The molecule has 0 fully saturated rings. The summed E-state index contributed by atoms with van der Waals surface area (Å²) in [4.78, 5) is 0. The highest BCUT2D eigenvalue weighted by Gasteiger charge is 2.08. The summed E-state index contributed by atoms with van der Waals surface area (Å²) in [6.07, 6.45) is 0. The Kier molecular flexibility index (Phi) is 5.37. The van der Waals surface area contributed by atoms with Crippen LogP contribution in [0.2, 0.25) is 0 Å². The molecule has 86 valence electrons. The summed E-state index contributed by atoms with van der Waals surface area (Å²) in [6, 6.07) is 9.81. The number of rotatable bonds is 5. The minimum atomic E-state index is 0.243. The Balaban J connectivity index is 2.53. The van der Waals surface area contributed by atoms with Crippen LogP contribution in [0.3, 0.4) is 0 Å². The third-order valence-corrected chi connectivity index (χ3v) is 3.99. The van der Waals surface area contributed by atoms with Gasteiger partial charge in [0.25, 0.3) is 0 Å². The van der Waals surface area contributed by atoms with Crippen molar-refractivity contribution in [2.75, 3.05) is 12.4 Å². The Labute approximate surface area is 101 Å². The number of hydrogen-bond acceptors (Lipinski definition) is 3. The Morgan fingerprint density at radius 1 is 1.31 bits per heavy atom. The number of aliphatic hydroxyl groups excluding tert-OH is 1. The van der Waals surface area contributed by atoms with E-state index in [9.17, 15) is 0 Å². The molecule has 1 rings (SSSR count). The molecule has 1 aromatic rings. The van der Waals surface area contributed by atoms with Crippen LogP contribution in [0.25, 0.3) is 0 Å². The molecule has 1 N–H and O–H groups in total. The van der Waals surface area contributed by atoms with Gasteiger partial charge in [-0.2, -0.15) is 17.0 Å². The zero-order valence-corrected chi connectivity index (χ0v) is 10.5. The van der Waals surface area contributed by atoms with E-state index in [1.807, 2.05) is 43.0 Å². The van der Waals surface area contributed by atoms with Gasteiger partial charge >= 0.3 is 0 Å². The van der Waals surface area contributed by atoms with Crippen LogP contribution in [-0.4, -0.2) is 17.5 Å². The van der Waals surface area contributed by atoms with Crippen molar-refractivity contribution in [1.29, 1.82) is 5.26 Å². The molecule has 0 aliphatic rings. The molecule has 0 unspecified atom stereocenters. The molecule has 0 amide bonds. The average molecular weight is 235 g/mol. The summed E-state index contributed by atoms with van der Waals surface area (Å²) in [5.41, 5.74) is 1.93. The molecule has 3 heteroatoms. The molecular formula is C13H17NOS. The fourth-order valence-corrected chi connectivity index (χ4v) is 2.36. The Morgan fingerprint density at radius 2 is 1.94 bits per heavy atom. The molecule has 0 aliphatic heterocycles. The number of thioether (sulfide) groups is 1. The maximum absolute atomic E-state index is 8.94. The normalized spacial score (nSPS) is 14.1. The highest BCUT2D eigenvalue weighted by Crippen LogP contribution is 2.29. The van der Waals surface area contributed by atoms with Crippen molar-refractivity contribution in [1.82, 2.24) is 0 Å². The maximum Gasteiger partial charge on any atom is 0.0991 e. The number of hydrogen-bond donors (Lipinski definition) is 1. The van der Waals surface area contributed by atoms with Gasteiger partial charge in [-0.15, -0.1) is 0 Å². The van der Waals surface area contributed by atoms with Gasteiger partial charge in [-0.05, 0) is 36.3 Å². The smallest absolute Gasteiger partial charge is 0.0991 e. The van der Waals surface area contributed by atoms with Crippen LogP contribution in [0.4, 0.5) is 0 Å². The van der Waals surface area contributed by atoms with Crippen LogP contribution < -0.4 is 0 Å². The van der Waals surface area contributed by atoms with E-state index in [-0.39, 0.29) is 6.61 Å². The topological polar surface area (TPSA) is 44.0 Å². The zero-order valence-electron chi connectivity index (χ0n) is 9.68. The van der Waals surface area contributed by atoms with Gasteiger partial charge in [-0.25, -0.2) is 0 Å². The predicted molar refractivity (Wildman–Crippen MR) is 68.3 cm³/mol. The minimum Gasteiger partial charge on any atom is -0.396 e. The minimum absolute atomic E-state index is 0.243. The third kappa shape index (κ3) is 3.88. The lowest BCUT2D eigenvalue weighted by Crippen LogP contribution is -2.04. The molecule has 2 nitrogen and oxygen atoms in total. The van der Waals surface area contributed by atoms with E-state index in [0.29, 0.717) is 16.7 Å². The molecular weight excluding hydrogens is 218 g/mol. The number of nitriles is 1. The molecule has 1 aromatic carbocycles. The summed E-state index contributed by atoms with van der Waals surface area (Å²) < 4.78 is 0. The summed E-state index contributed by atoms with van der Waals surface area (Å²) in [6.45, 7) is 4.43. The van der Waals surface area contributed by atoms with E-state index in [0.717, 1.165) is 5.75 Å². The Morgan fingerprint density at radius 3 is 2.44 bits per heavy atom. The van der Waals surface area contributed by atoms with E-state index in [4.69, 9.17) is 10.4 Å². The van der Waals surface area contributed by atoms with Gasteiger partial charge in [-0.1, -0.05) is 19.1 Å². The second-order valence-corrected chi connectivity index (χ2v) is 5.37. The van der Waals surface area contributed by atoms with Gasteiger partial charge in [0.05, 0.1) is 11.6 Å². The highest BCUT2D eigenvalue weighted by atomic mass is 32.2. The monoisotopic (exact) mass is 235 g/mol. The first-order valence-electron chi connectivity index (χ1n) is 5.40. The van der Waals surface area contributed by atoms with Gasteiger partial charge in [-0.3, -0.25) is 0 Å². The predicted octanol–water partition coefficient (Wildman–Crippen LogP) is 2.98. The molecule has 2 atom stereocenters. The molecule has 0 saturated carbocycles. The lowest BCUT2D eigenvalue weighted by Gasteiger charge is -2.14. The quantitative estimate of drug-likeness (QED) is 0.853. The number of nitrogens with zero attached hydrogens (tertiary/aromatic N) is 1. The van der Waals surface area contributed by atoms with E-state index in [1.165, 1.54) is 5.56 Å². The second-order valence-electron chi connectivity index (χ2n) is 4.00. The standard InChI is InChI=1S/C13H17NOS/c1-10(8-15)9-16-11(2)13-5-3-12(7-14)4-6-13/h3-6,10-11,15H,8-9H2,1-2H3/t10-,11+/m1/s1. The van der Waals surface area contributed by atoms with Crippen LogP contribution in [-0.2, 0) is 0 Å². The highest BCUT2D eigenvalue weighted by molar-refractivity contribution is 7.99. The van der Waals surface area contributed by atoms with Crippen LogP contribution in [0.1, 0.15) is 30.2 Å². The van der Waals surface area contributed by atoms with Crippen molar-refractivity contribution in [2.24, 2.45) is 5.92 Å². The van der Waals surface area contributed by atoms with E-state index < -0.39 is 0 Å². The summed E-state index contributed by atoms with van der Waals surface area (Å²) in [5.74, 6) is 1.29. The lowest BCUT2D eigenvalue weighted by atomic mass is 10.1. The van der Waals surface area contributed by atoms with Gasteiger partial charge in [0.1, 0.15) is 0 Å². The fraction of sp³-hybridized carbons (Fsp3) is 0.462. The fourth-order valence-electron chi connectivity index (χ4n) is 1.29. The SMILES string of the molecule is C[C@H](CO)CS[C@@H](C)c1ccc(C#N)cc1. The van der Waals surface area contributed by atoms with Gasteiger partial charge < -0.3 is 5.11 Å². The summed E-state index contributed by atoms with van der Waals surface area (Å²) >= 11 is 1.83. The third-order valence-electron chi connectivity index (χ3n) is 2.45. The molecule has 0 saturated heterocycles. The molecule has 0 spiro atoms. The van der Waals surface area contributed by atoms with Crippen molar-refractivity contribution < 1.29 is 5.11 Å². The summed E-state index contributed by atoms with van der Waals surface area (Å²) in [5, 5.41) is 18.0. The Bertz CT molecular complexity index is 355. The first-order valence-corrected chi connectivity index (χ1v) is 6.44. The molecule has 0 aliphatic carbocycles. The van der Waals surface area contributed by atoms with Crippen molar-refractivity contribution in [3.05, 3.63) is 35.4 Å². The summed E-state index contributed by atoms with van der Waals surface area (Å²) in [7, 11) is 0. The number of benzene rings is 1. The van der Waals surface area contributed by atoms with Gasteiger partial charge in [0.2, 0.25) is 0 Å². The van der Waals surface area contributed by atoms with Gasteiger partial charge in [0, 0.05) is 11.9 Å². The van der Waals surface area contributed by atoms with Crippen LogP contribution in [0.5, 0.6) is 0 Å². The number of aliphatic hydroxyl groups is 1. The maximum atomic E-state index is 8.94. The Hall–Kier alpha value is -0.980. The van der Waals surface area contributed by atoms with Crippen LogP contribution >= 0.6 is 11.8 Å². The van der Waals surface area contributed by atoms with E-state index in [1.54, 1.807) is 0 Å². The van der Waals surface area contributed by atoms with Crippen molar-refractivity contribution >= 4 is 11.8 Å². The second kappa shape index (κ2) is 6.57. The first kappa shape index (κ1) is 13.1. The molecule has 0 heterocycles. The molecule has 16 heavy (non-hydrogen) atoms. The van der Waals surface area contributed by atoms with E-state index in [2.05, 4.69) is 13.0 Å². The van der Waals surface area contributed by atoms with Crippen LogP contribution in [0.15, 0.2) is 24.3 Å². The van der Waals surface area contributed by atoms with E-state index >= 15 is 0 Å². The molecule has 0 bridgehead atoms. The largest absolute Gasteiger partial charge is 0.396 e. The van der Waals surface area contributed by atoms with Crippen molar-refractivity contribution in [3.8, 4) is 6.07 Å². The van der Waals surface area contributed by atoms with Crippen molar-refractivity contribution in [2.45, 2.75) is 19.1 Å². The molecule has 0 radical (unpaired) electrons. The first-order chi connectivity index (χ1) is 7.67. The van der Waals surface area contributed by atoms with Crippen molar-refractivity contribution in [3.63, 3.8) is 0 Å².